The lowest BCUT2D eigenvalue weighted by molar-refractivity contribution is -0.116. The maximum Gasteiger partial charge on any atom is 0.224 e. The maximum absolute atomic E-state index is 13.3. The van der Waals surface area contributed by atoms with Gasteiger partial charge in [-0.15, -0.1) is 0 Å². The number of carbonyl (C=O) groups excluding carboxylic acids is 1. The zero-order valence-corrected chi connectivity index (χ0v) is 18.1. The molecule has 0 saturated heterocycles. The number of H-pyrrole nitrogens is 1. The number of hydrogen-bond donors (Lipinski definition) is 4. The maximum atomic E-state index is 13.3. The molecule has 0 saturated carbocycles. The van der Waals surface area contributed by atoms with Crippen molar-refractivity contribution in [1.82, 2.24) is 15.6 Å². The number of rotatable bonds is 8. The van der Waals surface area contributed by atoms with Crippen LogP contribution < -0.4 is 20.7 Å². The summed E-state index contributed by atoms with van der Waals surface area (Å²) in [5, 5.41) is 10.4. The number of nitrogens with one attached hydrogen (secondary N) is 4. The fraction of sp³-hybridized carbons (Fsp3) is 0.333. The van der Waals surface area contributed by atoms with Gasteiger partial charge in [0.1, 0.15) is 18.2 Å². The van der Waals surface area contributed by atoms with E-state index in [1.54, 1.807) is 6.07 Å². The van der Waals surface area contributed by atoms with Gasteiger partial charge in [-0.1, -0.05) is 0 Å². The first kappa shape index (κ1) is 21.7. The number of benzene rings is 2. The molecule has 2 aromatic carbocycles. The zero-order valence-electron chi connectivity index (χ0n) is 18.1. The minimum atomic E-state index is -0.244. The van der Waals surface area contributed by atoms with Gasteiger partial charge < -0.3 is 25.7 Å². The van der Waals surface area contributed by atoms with Gasteiger partial charge in [0.25, 0.3) is 0 Å². The average molecular weight is 438 g/mol. The predicted molar refractivity (Wildman–Crippen MR) is 125 cm³/mol. The molecule has 1 aliphatic heterocycles. The minimum absolute atomic E-state index is 0.0594. The van der Waals surface area contributed by atoms with Crippen LogP contribution >= 0.6 is 0 Å². The molecule has 8 heteroatoms. The van der Waals surface area contributed by atoms with Crippen LogP contribution in [0.25, 0.3) is 10.9 Å². The quantitative estimate of drug-likeness (QED) is 0.247. The Morgan fingerprint density at radius 2 is 2.09 bits per heavy atom. The van der Waals surface area contributed by atoms with Crippen molar-refractivity contribution >= 4 is 28.5 Å². The Kier molecular flexibility index (Phi) is 6.89. The van der Waals surface area contributed by atoms with E-state index in [9.17, 15) is 9.18 Å². The van der Waals surface area contributed by atoms with Gasteiger partial charge in [-0.3, -0.25) is 9.79 Å². The minimum Gasteiger partial charge on any atom is -0.492 e. The van der Waals surface area contributed by atoms with E-state index >= 15 is 0 Å². The van der Waals surface area contributed by atoms with Crippen LogP contribution in [0.15, 0.2) is 47.6 Å². The zero-order chi connectivity index (χ0) is 22.3. The van der Waals surface area contributed by atoms with E-state index in [1.807, 2.05) is 31.3 Å². The van der Waals surface area contributed by atoms with Gasteiger partial charge in [0.15, 0.2) is 5.96 Å². The largest absolute Gasteiger partial charge is 0.492 e. The molecule has 0 bridgehead atoms. The molecule has 1 amide bonds. The second-order valence-electron chi connectivity index (χ2n) is 7.66. The molecular formula is C24H28FN5O2. The molecule has 4 rings (SSSR count). The van der Waals surface area contributed by atoms with E-state index in [1.165, 1.54) is 12.1 Å². The second kappa shape index (κ2) is 10.2. The number of fused-ring (bicyclic) bond motifs is 2. The molecule has 0 aliphatic carbocycles. The normalized spacial score (nSPS) is 13.6. The SMILES string of the molecule is CCNC(=NCCc1c[nH]c2cc(F)ccc12)NCCOc1ccc2c(c1)CCC(=O)N2. The summed E-state index contributed by atoms with van der Waals surface area (Å²) >= 11 is 0. The van der Waals surface area contributed by atoms with Crippen molar-refractivity contribution in [1.29, 1.82) is 0 Å². The highest BCUT2D eigenvalue weighted by Gasteiger charge is 2.15. The highest BCUT2D eigenvalue weighted by molar-refractivity contribution is 5.94. The number of anilines is 1. The molecule has 0 spiro atoms. The number of nitrogens with zero attached hydrogens (tertiary/aromatic N) is 1. The molecule has 2 heterocycles. The molecule has 0 fully saturated rings. The number of ether oxygens (including phenoxy) is 1. The topological polar surface area (TPSA) is 90.5 Å². The summed E-state index contributed by atoms with van der Waals surface area (Å²) in [6, 6.07) is 10.5. The lowest BCUT2D eigenvalue weighted by atomic mass is 10.0. The number of aromatic nitrogens is 1. The van der Waals surface area contributed by atoms with Crippen LogP contribution in [-0.2, 0) is 17.6 Å². The summed E-state index contributed by atoms with van der Waals surface area (Å²) in [6.07, 6.45) is 3.91. The third-order valence-corrected chi connectivity index (χ3v) is 5.36. The van der Waals surface area contributed by atoms with Gasteiger partial charge in [0.05, 0.1) is 6.54 Å². The smallest absolute Gasteiger partial charge is 0.224 e. The fourth-order valence-corrected chi connectivity index (χ4v) is 3.78. The number of aryl methyl sites for hydroxylation is 1. The Balaban J connectivity index is 1.26. The van der Waals surface area contributed by atoms with E-state index < -0.39 is 0 Å². The number of hydrogen-bond acceptors (Lipinski definition) is 3. The van der Waals surface area contributed by atoms with E-state index in [-0.39, 0.29) is 11.7 Å². The van der Waals surface area contributed by atoms with Crippen molar-refractivity contribution in [2.75, 3.05) is 31.6 Å². The van der Waals surface area contributed by atoms with Crippen LogP contribution in [0.3, 0.4) is 0 Å². The third kappa shape index (κ3) is 5.38. The second-order valence-corrected chi connectivity index (χ2v) is 7.66. The molecule has 4 N–H and O–H groups in total. The first-order chi connectivity index (χ1) is 15.6. The highest BCUT2D eigenvalue weighted by atomic mass is 19.1. The van der Waals surface area contributed by atoms with E-state index in [0.717, 1.165) is 58.8 Å². The van der Waals surface area contributed by atoms with Crippen LogP contribution in [0.2, 0.25) is 0 Å². The Hall–Kier alpha value is -3.55. The Morgan fingerprint density at radius 1 is 1.19 bits per heavy atom. The van der Waals surface area contributed by atoms with Crippen LogP contribution in [0.4, 0.5) is 10.1 Å². The van der Waals surface area contributed by atoms with Gasteiger partial charge in [0.2, 0.25) is 5.91 Å². The van der Waals surface area contributed by atoms with E-state index in [2.05, 4.69) is 25.9 Å². The molecule has 32 heavy (non-hydrogen) atoms. The monoisotopic (exact) mass is 437 g/mol. The average Bonchev–Trinajstić information content (AvgIpc) is 3.18. The van der Waals surface area contributed by atoms with Gasteiger partial charge in [0, 0.05) is 42.3 Å². The Bertz CT molecular complexity index is 1120. The van der Waals surface area contributed by atoms with E-state index in [0.29, 0.717) is 26.1 Å². The van der Waals surface area contributed by atoms with Crippen molar-refractivity contribution in [3.05, 3.63) is 59.5 Å². The highest BCUT2D eigenvalue weighted by Crippen LogP contribution is 2.26. The molecule has 0 atom stereocenters. The summed E-state index contributed by atoms with van der Waals surface area (Å²) in [5.74, 6) is 1.34. The lowest BCUT2D eigenvalue weighted by Gasteiger charge is -2.18. The van der Waals surface area contributed by atoms with Crippen LogP contribution in [0.1, 0.15) is 24.5 Å². The molecule has 0 unspecified atom stereocenters. The number of amides is 1. The lowest BCUT2D eigenvalue weighted by Crippen LogP contribution is -2.39. The van der Waals surface area contributed by atoms with Crippen LogP contribution in [0, 0.1) is 5.82 Å². The first-order valence-electron chi connectivity index (χ1n) is 11.0. The number of halogens is 1. The van der Waals surface area contributed by atoms with Gasteiger partial charge in [-0.05, 0) is 67.3 Å². The molecule has 7 nitrogen and oxygen atoms in total. The fourth-order valence-electron chi connectivity index (χ4n) is 3.78. The Labute approximate surface area is 186 Å². The third-order valence-electron chi connectivity index (χ3n) is 5.36. The van der Waals surface area contributed by atoms with Crippen molar-refractivity contribution in [2.45, 2.75) is 26.2 Å². The van der Waals surface area contributed by atoms with E-state index in [4.69, 9.17) is 4.74 Å². The molecule has 168 valence electrons. The summed E-state index contributed by atoms with van der Waals surface area (Å²) in [4.78, 5) is 19.2. The summed E-state index contributed by atoms with van der Waals surface area (Å²) in [5.41, 5.74) is 3.89. The number of aromatic amines is 1. The molecule has 0 radical (unpaired) electrons. The van der Waals surface area contributed by atoms with Gasteiger partial charge in [-0.25, -0.2) is 4.39 Å². The number of aliphatic imine (C=N–C) groups is 1. The van der Waals surface area contributed by atoms with Crippen molar-refractivity contribution in [3.8, 4) is 5.75 Å². The summed E-state index contributed by atoms with van der Waals surface area (Å²) in [7, 11) is 0. The molecule has 1 aliphatic rings. The predicted octanol–water partition coefficient (Wildman–Crippen LogP) is 3.37. The molecular weight excluding hydrogens is 409 g/mol. The Morgan fingerprint density at radius 3 is 2.97 bits per heavy atom. The van der Waals surface area contributed by atoms with Crippen molar-refractivity contribution in [3.63, 3.8) is 0 Å². The van der Waals surface area contributed by atoms with Crippen LogP contribution in [-0.4, -0.2) is 43.1 Å². The standard InChI is InChI=1S/C24H28FN5O2/c1-2-26-24(27-10-9-17-15-29-22-14-18(25)4-6-20(17)22)28-11-12-32-19-5-7-21-16(13-19)3-8-23(31)30-21/h4-7,13-15,29H,2-3,8-12H2,1H3,(H,30,31)(H2,26,27,28). The number of guanidine groups is 1. The van der Waals surface area contributed by atoms with Gasteiger partial charge in [-0.2, -0.15) is 0 Å². The number of carbonyl (C=O) groups is 1. The van der Waals surface area contributed by atoms with Gasteiger partial charge >= 0.3 is 0 Å². The summed E-state index contributed by atoms with van der Waals surface area (Å²) in [6.45, 7) is 4.48. The molecule has 3 aromatic rings. The summed E-state index contributed by atoms with van der Waals surface area (Å²) < 4.78 is 19.2. The van der Waals surface area contributed by atoms with Crippen molar-refractivity contribution < 1.29 is 13.9 Å². The van der Waals surface area contributed by atoms with Crippen molar-refractivity contribution in [2.24, 2.45) is 4.99 Å². The molecule has 1 aromatic heterocycles. The van der Waals surface area contributed by atoms with Crippen LogP contribution in [0.5, 0.6) is 5.75 Å². The first-order valence-corrected chi connectivity index (χ1v) is 11.0.